The molecule has 0 aromatic heterocycles. The standard InChI is InChI=1S/C8H13NO6.4Na/c10-5(1-3-7(12)13)9-6(11)2-4-8(14)15;;;;/h5-6,9H,1-4H2,(H,12,13)(H,14,15);;;;/q-2;4*+1/p-2. The maximum Gasteiger partial charge on any atom is 1.00 e. The first kappa shape index (κ1) is 33.4. The van der Waals surface area contributed by atoms with E-state index < -0.39 is 37.2 Å². The minimum absolute atomic E-state index is 0. The van der Waals surface area contributed by atoms with Crippen molar-refractivity contribution >= 4 is 11.9 Å². The van der Waals surface area contributed by atoms with E-state index in [2.05, 4.69) is 0 Å². The summed E-state index contributed by atoms with van der Waals surface area (Å²) < 4.78 is 0. The first-order chi connectivity index (χ1) is 6.91. The normalized spacial score (nSPS) is 11.5. The molecule has 2 atom stereocenters. The molecule has 0 aromatic carbocycles. The first-order valence-corrected chi connectivity index (χ1v) is 4.39. The molecule has 0 bridgehead atoms. The molecular formula is C8H11NNa4O6. The summed E-state index contributed by atoms with van der Waals surface area (Å²) >= 11 is 0. The molecule has 0 rings (SSSR count). The van der Waals surface area contributed by atoms with Crippen molar-refractivity contribution in [2.75, 3.05) is 0 Å². The Morgan fingerprint density at radius 1 is 0.789 bits per heavy atom. The molecule has 0 spiro atoms. The van der Waals surface area contributed by atoms with Crippen molar-refractivity contribution in [1.82, 2.24) is 5.32 Å². The molecule has 0 fully saturated rings. The maximum absolute atomic E-state index is 10.9. The van der Waals surface area contributed by atoms with Gasteiger partial charge in [-0.15, -0.1) is 0 Å². The molecule has 0 aliphatic carbocycles. The Hall–Kier alpha value is 2.82. The van der Waals surface area contributed by atoms with Gasteiger partial charge in [-0.2, -0.15) is 0 Å². The van der Waals surface area contributed by atoms with E-state index in [0.29, 0.717) is 0 Å². The zero-order valence-electron chi connectivity index (χ0n) is 11.9. The van der Waals surface area contributed by atoms with Crippen LogP contribution in [-0.2, 0) is 9.59 Å². The van der Waals surface area contributed by atoms with Gasteiger partial charge in [0.15, 0.2) is 0 Å². The van der Waals surface area contributed by atoms with Gasteiger partial charge >= 0.3 is 118 Å². The van der Waals surface area contributed by atoms with Gasteiger partial charge in [0.2, 0.25) is 0 Å². The Kier molecular flexibility index (Phi) is 36.6. The number of aliphatic carboxylic acids is 2. The fourth-order valence-corrected chi connectivity index (χ4v) is 0.872. The number of carboxylic acids is 2. The number of carbonyl (C=O) groups excluding carboxylic acids is 2. The zero-order chi connectivity index (χ0) is 11.8. The van der Waals surface area contributed by atoms with Gasteiger partial charge < -0.3 is 35.3 Å². The third-order valence-electron chi connectivity index (χ3n) is 1.59. The van der Waals surface area contributed by atoms with Gasteiger partial charge in [-0.05, 0) is 25.7 Å². The number of carboxylic acid groups (broad SMARTS) is 2. The summed E-state index contributed by atoms with van der Waals surface area (Å²) in [4.78, 5) is 19.9. The fraction of sp³-hybridized carbons (Fsp3) is 0.750. The van der Waals surface area contributed by atoms with E-state index in [-0.39, 0.29) is 131 Å². The largest absolute Gasteiger partial charge is 1.00 e. The number of hydrogen-bond donors (Lipinski definition) is 1. The van der Waals surface area contributed by atoms with Crippen LogP contribution >= 0.6 is 0 Å². The van der Waals surface area contributed by atoms with Gasteiger partial charge in [-0.1, -0.05) is 12.5 Å². The smallest absolute Gasteiger partial charge is 0.841 e. The number of hydrogen-bond acceptors (Lipinski definition) is 7. The van der Waals surface area contributed by atoms with Crippen molar-refractivity contribution < 1.29 is 148 Å². The molecular weight excluding hydrogens is 298 g/mol. The predicted molar refractivity (Wildman–Crippen MR) is 39.2 cm³/mol. The van der Waals surface area contributed by atoms with E-state index in [4.69, 9.17) is 0 Å². The second-order valence-corrected chi connectivity index (χ2v) is 2.97. The van der Waals surface area contributed by atoms with Gasteiger partial charge in [0, 0.05) is 11.9 Å². The third kappa shape index (κ3) is 26.1. The molecule has 88 valence electrons. The average molecular weight is 309 g/mol. The van der Waals surface area contributed by atoms with Crippen LogP contribution in [0.3, 0.4) is 0 Å². The summed E-state index contributed by atoms with van der Waals surface area (Å²) in [6.07, 6.45) is -4.46. The van der Waals surface area contributed by atoms with E-state index in [0.717, 1.165) is 0 Å². The molecule has 1 N–H and O–H groups in total. The molecule has 0 amide bonds. The van der Waals surface area contributed by atoms with Gasteiger partial charge in [0.25, 0.3) is 0 Å². The van der Waals surface area contributed by atoms with Crippen LogP contribution in [0.25, 0.3) is 0 Å². The summed E-state index contributed by atoms with van der Waals surface area (Å²) in [5.41, 5.74) is 0. The topological polar surface area (TPSA) is 138 Å². The summed E-state index contributed by atoms with van der Waals surface area (Å²) in [5, 5.41) is 43.8. The van der Waals surface area contributed by atoms with Crippen LogP contribution < -0.4 is 144 Å². The van der Waals surface area contributed by atoms with E-state index in [1.54, 1.807) is 0 Å². The maximum atomic E-state index is 10.9. The van der Waals surface area contributed by atoms with Crippen LogP contribution in [0.1, 0.15) is 25.7 Å². The van der Waals surface area contributed by atoms with Crippen LogP contribution in [0.4, 0.5) is 0 Å². The molecule has 0 saturated carbocycles. The molecule has 7 nitrogen and oxygen atoms in total. The monoisotopic (exact) mass is 309 g/mol. The summed E-state index contributed by atoms with van der Waals surface area (Å²) in [6, 6.07) is 0. The molecule has 19 heavy (non-hydrogen) atoms. The zero-order valence-corrected chi connectivity index (χ0v) is 19.9. The minimum Gasteiger partial charge on any atom is -0.841 e. The van der Waals surface area contributed by atoms with Gasteiger partial charge in [-0.3, -0.25) is 0 Å². The molecule has 0 heterocycles. The van der Waals surface area contributed by atoms with Crippen LogP contribution in [-0.4, -0.2) is 24.4 Å². The van der Waals surface area contributed by atoms with E-state index in [1.807, 2.05) is 5.32 Å². The van der Waals surface area contributed by atoms with Crippen molar-refractivity contribution in [2.24, 2.45) is 0 Å². The van der Waals surface area contributed by atoms with Crippen LogP contribution in [0.2, 0.25) is 0 Å². The Morgan fingerprint density at radius 2 is 1.05 bits per heavy atom. The molecule has 0 radical (unpaired) electrons. The van der Waals surface area contributed by atoms with Gasteiger partial charge in [0.05, 0.1) is 0 Å². The van der Waals surface area contributed by atoms with Gasteiger partial charge in [0.1, 0.15) is 0 Å². The van der Waals surface area contributed by atoms with Crippen molar-refractivity contribution in [2.45, 2.75) is 38.1 Å². The molecule has 11 heteroatoms. The Morgan fingerprint density at radius 3 is 1.26 bits per heavy atom. The Bertz CT molecular complexity index is 211. The van der Waals surface area contributed by atoms with Crippen molar-refractivity contribution in [3.05, 3.63) is 0 Å². The predicted octanol–water partition coefficient (Wildman–Crippen LogP) is -17.0. The number of nitrogens with one attached hydrogen (secondary N) is 1. The Labute approximate surface area is 200 Å². The molecule has 0 aromatic rings. The van der Waals surface area contributed by atoms with Crippen LogP contribution in [0, 0.1) is 0 Å². The first-order valence-electron chi connectivity index (χ1n) is 4.39. The van der Waals surface area contributed by atoms with Crippen molar-refractivity contribution in [1.29, 1.82) is 0 Å². The van der Waals surface area contributed by atoms with E-state index >= 15 is 0 Å². The van der Waals surface area contributed by atoms with Crippen LogP contribution in [0.15, 0.2) is 0 Å². The van der Waals surface area contributed by atoms with Crippen molar-refractivity contribution in [3.8, 4) is 0 Å². The second kappa shape index (κ2) is 20.8. The summed E-state index contributed by atoms with van der Waals surface area (Å²) in [5.74, 6) is -2.73. The second-order valence-electron chi connectivity index (χ2n) is 2.97. The molecule has 0 aliphatic rings. The molecule has 0 saturated heterocycles. The van der Waals surface area contributed by atoms with Gasteiger partial charge in [-0.25, -0.2) is 0 Å². The number of carbonyl (C=O) groups is 2. The number of rotatable bonds is 8. The fourth-order valence-electron chi connectivity index (χ4n) is 0.872. The molecule has 2 unspecified atom stereocenters. The third-order valence-corrected chi connectivity index (χ3v) is 1.59. The van der Waals surface area contributed by atoms with E-state index in [1.165, 1.54) is 0 Å². The minimum atomic E-state index is -1.52. The summed E-state index contributed by atoms with van der Waals surface area (Å²) in [6.45, 7) is 0. The Balaban J connectivity index is -0.000000163. The average Bonchev–Trinajstić information content (AvgIpc) is 2.11. The van der Waals surface area contributed by atoms with E-state index in [9.17, 15) is 30.0 Å². The van der Waals surface area contributed by atoms with Crippen LogP contribution in [0.5, 0.6) is 0 Å². The molecule has 0 aliphatic heterocycles. The van der Waals surface area contributed by atoms with Crippen molar-refractivity contribution in [3.63, 3.8) is 0 Å². The summed E-state index contributed by atoms with van der Waals surface area (Å²) in [7, 11) is 0. The SMILES string of the molecule is O=C([O-])CCC([O-])NC([O-])CCC(=O)[O-].[Na+].[Na+].[Na+].[Na+]. The quantitative estimate of drug-likeness (QED) is 0.347.